The third-order valence-electron chi connectivity index (χ3n) is 5.39. The average Bonchev–Trinajstić information content (AvgIpc) is 3.44. The van der Waals surface area contributed by atoms with Crippen LogP contribution >= 0.6 is 0 Å². The minimum atomic E-state index is -0.0451. The molecule has 7 nitrogen and oxygen atoms in total. The van der Waals surface area contributed by atoms with Crippen LogP contribution in [0.3, 0.4) is 0 Å². The van der Waals surface area contributed by atoms with E-state index >= 15 is 0 Å². The molecule has 0 unspecified atom stereocenters. The molecule has 1 saturated heterocycles. The first-order chi connectivity index (χ1) is 14.3. The van der Waals surface area contributed by atoms with Gasteiger partial charge in [0.15, 0.2) is 11.7 Å². The van der Waals surface area contributed by atoms with Gasteiger partial charge in [-0.15, -0.1) is 0 Å². The molecule has 1 aliphatic rings. The number of nitrogens with one attached hydrogen (secondary N) is 2. The van der Waals surface area contributed by atoms with Crippen LogP contribution in [0.4, 0.5) is 0 Å². The van der Waals surface area contributed by atoms with Crippen LogP contribution < -0.4 is 5.32 Å². The third-order valence-corrected chi connectivity index (χ3v) is 5.39. The van der Waals surface area contributed by atoms with Crippen molar-refractivity contribution in [1.29, 1.82) is 0 Å². The fraction of sp³-hybridized carbons (Fsp3) is 0.364. The zero-order valence-corrected chi connectivity index (χ0v) is 16.7. The number of hydrogen-bond donors (Lipinski definition) is 2. The standard InChI is InChI=1S/C22H27N5O2/c1-23-22(24-10-4-6-17-16-25-19-8-3-2-7-18(17)19)27-13-11-26(12-14-27)21(28)20-9-5-15-29-20/h2-3,5,7-9,15-16,25H,4,6,10-14H2,1H3,(H,23,24). The zero-order chi connectivity index (χ0) is 20.1. The number of amides is 1. The maximum absolute atomic E-state index is 12.4. The Morgan fingerprint density at radius 1 is 1.14 bits per heavy atom. The van der Waals surface area contributed by atoms with Crippen molar-refractivity contribution in [3.8, 4) is 0 Å². The molecule has 2 N–H and O–H groups in total. The highest BCUT2D eigenvalue weighted by atomic mass is 16.3. The topological polar surface area (TPSA) is 76.9 Å². The lowest BCUT2D eigenvalue weighted by Crippen LogP contribution is -2.53. The molecule has 1 amide bonds. The van der Waals surface area contributed by atoms with Crippen LogP contribution in [0.5, 0.6) is 0 Å². The number of rotatable bonds is 5. The molecule has 0 atom stereocenters. The van der Waals surface area contributed by atoms with Gasteiger partial charge >= 0.3 is 0 Å². The van der Waals surface area contributed by atoms with E-state index in [2.05, 4.69) is 50.7 Å². The van der Waals surface area contributed by atoms with E-state index in [1.807, 2.05) is 11.9 Å². The highest BCUT2D eigenvalue weighted by molar-refractivity contribution is 5.91. The van der Waals surface area contributed by atoms with Crippen LogP contribution in [0.1, 0.15) is 22.5 Å². The first-order valence-electron chi connectivity index (χ1n) is 10.1. The number of furan rings is 1. The quantitative estimate of drug-likeness (QED) is 0.397. The molecule has 1 aromatic carbocycles. The van der Waals surface area contributed by atoms with Crippen molar-refractivity contribution in [2.75, 3.05) is 39.8 Å². The van der Waals surface area contributed by atoms with E-state index in [0.717, 1.165) is 38.4 Å². The highest BCUT2D eigenvalue weighted by Crippen LogP contribution is 2.18. The molecule has 2 aromatic heterocycles. The summed E-state index contributed by atoms with van der Waals surface area (Å²) < 4.78 is 5.22. The minimum Gasteiger partial charge on any atom is -0.459 e. The van der Waals surface area contributed by atoms with Crippen molar-refractivity contribution in [2.24, 2.45) is 4.99 Å². The summed E-state index contributed by atoms with van der Waals surface area (Å²) >= 11 is 0. The van der Waals surface area contributed by atoms with Crippen LogP contribution in [0.2, 0.25) is 0 Å². The van der Waals surface area contributed by atoms with Gasteiger partial charge in [-0.25, -0.2) is 0 Å². The Kier molecular flexibility index (Phi) is 5.84. The summed E-state index contributed by atoms with van der Waals surface area (Å²) in [5.41, 5.74) is 2.54. The van der Waals surface area contributed by atoms with Crippen LogP contribution in [-0.4, -0.2) is 66.4 Å². The molecule has 0 bridgehead atoms. The third kappa shape index (κ3) is 4.29. The lowest BCUT2D eigenvalue weighted by Gasteiger charge is -2.36. The second-order valence-electron chi connectivity index (χ2n) is 7.19. The number of aromatic nitrogens is 1. The molecule has 0 radical (unpaired) electrons. The molecule has 3 heterocycles. The molecule has 29 heavy (non-hydrogen) atoms. The molecule has 0 saturated carbocycles. The first kappa shape index (κ1) is 19.1. The molecule has 3 aromatic rings. The number of guanidine groups is 1. The number of fused-ring (bicyclic) bond motifs is 1. The van der Waals surface area contributed by atoms with Crippen LogP contribution in [0.25, 0.3) is 10.9 Å². The number of para-hydroxylation sites is 1. The normalized spacial score (nSPS) is 15.1. The Morgan fingerprint density at radius 3 is 2.69 bits per heavy atom. The molecule has 152 valence electrons. The summed E-state index contributed by atoms with van der Waals surface area (Å²) in [6, 6.07) is 11.9. The monoisotopic (exact) mass is 393 g/mol. The molecular weight excluding hydrogens is 366 g/mol. The molecule has 7 heteroatoms. The summed E-state index contributed by atoms with van der Waals surface area (Å²) in [7, 11) is 1.81. The van der Waals surface area contributed by atoms with E-state index in [1.165, 1.54) is 22.7 Å². The molecule has 0 aliphatic carbocycles. The zero-order valence-electron chi connectivity index (χ0n) is 16.7. The van der Waals surface area contributed by atoms with Gasteiger partial charge in [0.2, 0.25) is 0 Å². The lowest BCUT2D eigenvalue weighted by molar-refractivity contribution is 0.0658. The van der Waals surface area contributed by atoms with Crippen molar-refractivity contribution in [1.82, 2.24) is 20.1 Å². The average molecular weight is 393 g/mol. The summed E-state index contributed by atoms with van der Waals surface area (Å²) in [6.07, 6.45) is 5.68. The first-order valence-corrected chi connectivity index (χ1v) is 10.1. The molecular formula is C22H27N5O2. The number of aromatic amines is 1. The Labute approximate surface area is 170 Å². The maximum Gasteiger partial charge on any atom is 0.289 e. The SMILES string of the molecule is CN=C(NCCCc1c[nH]c2ccccc12)N1CCN(C(=O)c2ccco2)CC1. The van der Waals surface area contributed by atoms with Gasteiger partial charge in [-0.1, -0.05) is 18.2 Å². The van der Waals surface area contributed by atoms with Gasteiger partial charge in [-0.3, -0.25) is 9.79 Å². The lowest BCUT2D eigenvalue weighted by atomic mass is 10.1. The van der Waals surface area contributed by atoms with E-state index in [4.69, 9.17) is 4.42 Å². The maximum atomic E-state index is 12.4. The largest absolute Gasteiger partial charge is 0.459 e. The van der Waals surface area contributed by atoms with Gasteiger partial charge in [0.1, 0.15) is 0 Å². The highest BCUT2D eigenvalue weighted by Gasteiger charge is 2.25. The molecule has 1 aliphatic heterocycles. The number of H-pyrrole nitrogens is 1. The fourth-order valence-electron chi connectivity index (χ4n) is 3.83. The van der Waals surface area contributed by atoms with Crippen molar-refractivity contribution in [3.63, 3.8) is 0 Å². The van der Waals surface area contributed by atoms with E-state index in [9.17, 15) is 4.79 Å². The second kappa shape index (κ2) is 8.86. The van der Waals surface area contributed by atoms with Crippen LogP contribution in [0, 0.1) is 0 Å². The van der Waals surface area contributed by atoms with Crippen molar-refractivity contribution >= 4 is 22.8 Å². The fourth-order valence-corrected chi connectivity index (χ4v) is 3.83. The Balaban J connectivity index is 1.23. The Hall–Kier alpha value is -3.22. The Morgan fingerprint density at radius 2 is 1.93 bits per heavy atom. The summed E-state index contributed by atoms with van der Waals surface area (Å²) in [5.74, 6) is 1.25. The number of carbonyl (C=O) groups is 1. The smallest absolute Gasteiger partial charge is 0.289 e. The number of hydrogen-bond acceptors (Lipinski definition) is 3. The summed E-state index contributed by atoms with van der Waals surface area (Å²) in [4.78, 5) is 24.2. The van der Waals surface area contributed by atoms with Gasteiger partial charge < -0.3 is 24.5 Å². The van der Waals surface area contributed by atoms with E-state index < -0.39 is 0 Å². The summed E-state index contributed by atoms with van der Waals surface area (Å²) in [5, 5.41) is 4.77. The van der Waals surface area contributed by atoms with Gasteiger partial charge in [0.25, 0.3) is 5.91 Å². The number of aliphatic imine (C=N–C) groups is 1. The molecule has 1 fully saturated rings. The predicted molar refractivity (Wildman–Crippen MR) is 114 cm³/mol. The summed E-state index contributed by atoms with van der Waals surface area (Å²) in [6.45, 7) is 3.70. The van der Waals surface area contributed by atoms with Gasteiger partial charge in [0.05, 0.1) is 6.26 Å². The van der Waals surface area contributed by atoms with Crippen molar-refractivity contribution < 1.29 is 9.21 Å². The Bertz CT molecular complexity index is 968. The van der Waals surface area contributed by atoms with Gasteiger partial charge in [0, 0.05) is 56.9 Å². The number of aryl methyl sites for hydroxylation is 1. The minimum absolute atomic E-state index is 0.0451. The van der Waals surface area contributed by atoms with Crippen molar-refractivity contribution in [2.45, 2.75) is 12.8 Å². The van der Waals surface area contributed by atoms with Crippen LogP contribution in [0.15, 0.2) is 58.3 Å². The number of benzene rings is 1. The van der Waals surface area contributed by atoms with Gasteiger partial charge in [-0.2, -0.15) is 0 Å². The van der Waals surface area contributed by atoms with Gasteiger partial charge in [-0.05, 0) is 36.6 Å². The number of carbonyl (C=O) groups excluding carboxylic acids is 1. The van der Waals surface area contributed by atoms with Crippen LogP contribution in [-0.2, 0) is 6.42 Å². The predicted octanol–water partition coefficient (Wildman–Crippen LogP) is 2.73. The van der Waals surface area contributed by atoms with Crippen molar-refractivity contribution in [3.05, 3.63) is 60.2 Å². The van der Waals surface area contributed by atoms with E-state index in [-0.39, 0.29) is 5.91 Å². The van der Waals surface area contributed by atoms with E-state index in [0.29, 0.717) is 18.8 Å². The number of nitrogens with zero attached hydrogens (tertiary/aromatic N) is 3. The van der Waals surface area contributed by atoms with E-state index in [1.54, 1.807) is 12.1 Å². The number of piperazine rings is 1. The second-order valence-corrected chi connectivity index (χ2v) is 7.19. The molecule has 0 spiro atoms. The molecule has 4 rings (SSSR count).